The van der Waals surface area contributed by atoms with Crippen molar-refractivity contribution in [2.24, 2.45) is 23.5 Å². The third-order valence-electron chi connectivity index (χ3n) is 3.42. The molecule has 0 aromatic heterocycles. The molecule has 0 bridgehead atoms. The molecule has 0 aromatic rings. The Kier molecular flexibility index (Phi) is 8.46. The van der Waals surface area contributed by atoms with Gasteiger partial charge in [0.25, 0.3) is 0 Å². The number of carbonyl (C=O) groups is 2. The lowest BCUT2D eigenvalue weighted by atomic mass is 9.90. The fraction of sp³-hybridized carbons (Fsp3) is 0.867. The highest BCUT2D eigenvalue weighted by atomic mass is 16.5. The minimum absolute atomic E-state index is 0.215. The van der Waals surface area contributed by atoms with Crippen molar-refractivity contribution in [2.45, 2.75) is 66.3 Å². The summed E-state index contributed by atoms with van der Waals surface area (Å²) in [6.07, 6.45) is 3.37. The van der Waals surface area contributed by atoms with Crippen molar-refractivity contribution < 1.29 is 14.8 Å². The number of primary amides is 1. The van der Waals surface area contributed by atoms with Gasteiger partial charge >= 0.3 is 0 Å². The van der Waals surface area contributed by atoms with Gasteiger partial charge < -0.3 is 5.73 Å². The van der Waals surface area contributed by atoms with Crippen LogP contribution in [0.4, 0.5) is 0 Å². The number of nitrogens with zero attached hydrogens (tertiary/aromatic N) is 1. The second kappa shape index (κ2) is 8.95. The van der Waals surface area contributed by atoms with Crippen molar-refractivity contribution in [3.05, 3.63) is 0 Å². The number of hydrogen-bond donors (Lipinski definition) is 2. The van der Waals surface area contributed by atoms with Crippen LogP contribution in [0.3, 0.4) is 0 Å². The molecule has 5 nitrogen and oxygen atoms in total. The predicted octanol–water partition coefficient (Wildman–Crippen LogP) is 2.57. The molecule has 0 radical (unpaired) electrons. The number of rotatable bonds is 9. The molecule has 0 spiro atoms. The molecule has 118 valence electrons. The Balaban J connectivity index is 4.96. The molecular formula is C15H30N2O3. The lowest BCUT2D eigenvalue weighted by molar-refractivity contribution is -0.187. The van der Waals surface area contributed by atoms with Crippen LogP contribution >= 0.6 is 0 Å². The van der Waals surface area contributed by atoms with Crippen molar-refractivity contribution in [1.82, 2.24) is 5.06 Å². The van der Waals surface area contributed by atoms with Gasteiger partial charge in [0, 0.05) is 5.92 Å². The fourth-order valence-corrected chi connectivity index (χ4v) is 2.42. The Hall–Kier alpha value is -1.10. The van der Waals surface area contributed by atoms with E-state index in [1.165, 1.54) is 0 Å². The zero-order valence-electron chi connectivity index (χ0n) is 13.4. The molecule has 0 heterocycles. The minimum Gasteiger partial charge on any atom is -0.368 e. The number of hydroxylamine groups is 2. The van der Waals surface area contributed by atoms with Crippen LogP contribution in [0.5, 0.6) is 0 Å². The maximum atomic E-state index is 12.4. The number of hydrogen-bond acceptors (Lipinski definition) is 3. The van der Waals surface area contributed by atoms with Crippen LogP contribution in [0.2, 0.25) is 0 Å². The summed E-state index contributed by atoms with van der Waals surface area (Å²) in [6, 6.07) is -0.959. The Morgan fingerprint density at radius 3 is 2.10 bits per heavy atom. The van der Waals surface area contributed by atoms with Crippen molar-refractivity contribution >= 4 is 11.8 Å². The van der Waals surface area contributed by atoms with Crippen LogP contribution in [0.15, 0.2) is 0 Å². The van der Waals surface area contributed by atoms with Crippen molar-refractivity contribution in [1.29, 1.82) is 0 Å². The molecule has 0 aliphatic heterocycles. The predicted molar refractivity (Wildman–Crippen MR) is 78.9 cm³/mol. The summed E-state index contributed by atoms with van der Waals surface area (Å²) in [6.45, 7) is 9.67. The van der Waals surface area contributed by atoms with E-state index >= 15 is 0 Å². The summed E-state index contributed by atoms with van der Waals surface area (Å²) in [7, 11) is 0. The van der Waals surface area contributed by atoms with E-state index in [4.69, 9.17) is 5.73 Å². The number of carbonyl (C=O) groups excluding carboxylic acids is 2. The van der Waals surface area contributed by atoms with Crippen LogP contribution in [0.25, 0.3) is 0 Å². The molecule has 0 rings (SSSR count). The molecule has 5 heteroatoms. The summed E-state index contributed by atoms with van der Waals surface area (Å²) in [5.74, 6) is -1.16. The van der Waals surface area contributed by atoms with E-state index < -0.39 is 11.9 Å². The molecule has 1 unspecified atom stereocenters. The summed E-state index contributed by atoms with van der Waals surface area (Å²) in [4.78, 5) is 23.8. The van der Waals surface area contributed by atoms with Gasteiger partial charge in [-0.3, -0.25) is 14.8 Å². The van der Waals surface area contributed by atoms with Gasteiger partial charge in [-0.25, -0.2) is 5.06 Å². The Morgan fingerprint density at radius 2 is 1.75 bits per heavy atom. The molecule has 20 heavy (non-hydrogen) atoms. The first-order chi connectivity index (χ1) is 9.22. The number of amides is 2. The summed E-state index contributed by atoms with van der Waals surface area (Å²) in [5, 5.41) is 10.6. The molecule has 0 fully saturated rings. The van der Waals surface area contributed by atoms with Crippen molar-refractivity contribution in [2.75, 3.05) is 0 Å². The van der Waals surface area contributed by atoms with E-state index in [0.29, 0.717) is 17.4 Å². The second-order valence-corrected chi connectivity index (χ2v) is 6.24. The highest BCUT2D eigenvalue weighted by Gasteiger charge is 2.33. The van der Waals surface area contributed by atoms with Gasteiger partial charge in [0.2, 0.25) is 11.8 Å². The van der Waals surface area contributed by atoms with Gasteiger partial charge in [-0.15, -0.1) is 0 Å². The Morgan fingerprint density at radius 1 is 1.20 bits per heavy atom. The first-order valence-corrected chi connectivity index (χ1v) is 7.53. The lowest BCUT2D eigenvalue weighted by Crippen LogP contribution is -2.51. The Labute approximate surface area is 122 Å². The maximum Gasteiger partial charge on any atom is 0.249 e. The van der Waals surface area contributed by atoms with Crippen LogP contribution in [0, 0.1) is 17.8 Å². The quantitative estimate of drug-likeness (QED) is 0.504. The molecule has 3 N–H and O–H groups in total. The normalized spacial score (nSPS) is 14.4. The van der Waals surface area contributed by atoms with E-state index in [9.17, 15) is 14.8 Å². The smallest absolute Gasteiger partial charge is 0.249 e. The molecule has 2 amide bonds. The SMILES string of the molecule is CCCCC(CC(C)C)C(=O)N(O)[C@H](C(N)=O)C(C)C. The van der Waals surface area contributed by atoms with Gasteiger partial charge in [-0.2, -0.15) is 0 Å². The van der Waals surface area contributed by atoms with Crippen LogP contribution in [-0.2, 0) is 9.59 Å². The van der Waals surface area contributed by atoms with Gasteiger partial charge in [0.15, 0.2) is 0 Å². The van der Waals surface area contributed by atoms with E-state index in [-0.39, 0.29) is 17.7 Å². The average Bonchev–Trinajstić information content (AvgIpc) is 2.32. The van der Waals surface area contributed by atoms with Crippen molar-refractivity contribution in [3.63, 3.8) is 0 Å². The maximum absolute atomic E-state index is 12.4. The van der Waals surface area contributed by atoms with E-state index in [2.05, 4.69) is 6.92 Å². The van der Waals surface area contributed by atoms with Gasteiger partial charge in [0.1, 0.15) is 6.04 Å². The van der Waals surface area contributed by atoms with Crippen LogP contribution < -0.4 is 5.73 Å². The van der Waals surface area contributed by atoms with Gasteiger partial charge in [-0.05, 0) is 24.7 Å². The first kappa shape index (κ1) is 18.9. The lowest BCUT2D eigenvalue weighted by Gasteiger charge is -2.30. The van der Waals surface area contributed by atoms with Crippen LogP contribution in [-0.4, -0.2) is 28.1 Å². The average molecular weight is 286 g/mol. The van der Waals surface area contributed by atoms with E-state index in [1.807, 2.05) is 13.8 Å². The van der Waals surface area contributed by atoms with E-state index in [0.717, 1.165) is 19.3 Å². The van der Waals surface area contributed by atoms with E-state index in [1.54, 1.807) is 13.8 Å². The summed E-state index contributed by atoms with van der Waals surface area (Å²) >= 11 is 0. The third kappa shape index (κ3) is 5.90. The van der Waals surface area contributed by atoms with Gasteiger partial charge in [-0.1, -0.05) is 47.5 Å². The van der Waals surface area contributed by atoms with Crippen LogP contribution in [0.1, 0.15) is 60.3 Å². The monoisotopic (exact) mass is 286 g/mol. The summed E-state index contributed by atoms with van der Waals surface area (Å²) < 4.78 is 0. The topological polar surface area (TPSA) is 83.6 Å². The molecule has 0 saturated heterocycles. The molecular weight excluding hydrogens is 256 g/mol. The highest BCUT2D eigenvalue weighted by Crippen LogP contribution is 2.22. The second-order valence-electron chi connectivity index (χ2n) is 6.24. The number of unbranched alkanes of at least 4 members (excludes halogenated alkanes) is 1. The summed E-state index contributed by atoms with van der Waals surface area (Å²) in [5.41, 5.74) is 5.29. The molecule has 0 aromatic carbocycles. The molecule has 2 atom stereocenters. The minimum atomic E-state index is -0.959. The zero-order chi connectivity index (χ0) is 15.9. The molecule has 0 aliphatic carbocycles. The van der Waals surface area contributed by atoms with Gasteiger partial charge in [0.05, 0.1) is 0 Å². The highest BCUT2D eigenvalue weighted by molar-refractivity contribution is 5.87. The largest absolute Gasteiger partial charge is 0.368 e. The zero-order valence-corrected chi connectivity index (χ0v) is 13.4. The van der Waals surface area contributed by atoms with Crippen molar-refractivity contribution in [3.8, 4) is 0 Å². The Bertz CT molecular complexity index is 316. The molecule has 0 saturated carbocycles. The standard InChI is InChI=1S/C15H30N2O3/c1-6-7-8-12(9-10(2)3)15(19)17(20)13(11(4)5)14(16)18/h10-13,20H,6-9H2,1-5H3,(H2,16,18)/t12?,13-/m0/s1. The third-order valence-corrected chi connectivity index (χ3v) is 3.42. The fourth-order valence-electron chi connectivity index (χ4n) is 2.42. The molecule has 0 aliphatic rings. The first-order valence-electron chi connectivity index (χ1n) is 7.53. The number of nitrogens with two attached hydrogens (primary N) is 1.